The number of alkyl carbamates (subject to hydrolysis) is 1. The molecule has 0 bridgehead atoms. The van der Waals surface area contributed by atoms with E-state index in [4.69, 9.17) is 23.7 Å². The Bertz CT molecular complexity index is 511. The van der Waals surface area contributed by atoms with Gasteiger partial charge in [0.1, 0.15) is 18.9 Å². The van der Waals surface area contributed by atoms with E-state index in [-0.39, 0.29) is 32.5 Å². The average molecular weight is 422 g/mol. The third kappa shape index (κ3) is 10.6. The van der Waals surface area contributed by atoms with Crippen LogP contribution in [0.25, 0.3) is 0 Å². The van der Waals surface area contributed by atoms with Gasteiger partial charge in [-0.3, -0.25) is 4.90 Å². The Morgan fingerprint density at radius 1 is 1.14 bits per heavy atom. The van der Waals surface area contributed by atoms with Crippen molar-refractivity contribution >= 4 is 12.2 Å². The van der Waals surface area contributed by atoms with Crippen LogP contribution in [-0.4, -0.2) is 93.7 Å². The molecule has 1 rings (SSSR count). The largest absolute Gasteiger partial charge is 0.447 e. The maximum Gasteiger partial charge on any atom is 0.410 e. The number of morpholine rings is 1. The Labute approximate surface area is 172 Å². The van der Waals surface area contributed by atoms with Gasteiger partial charge in [0.15, 0.2) is 0 Å². The van der Waals surface area contributed by atoms with Crippen molar-refractivity contribution in [3.63, 3.8) is 0 Å². The lowest BCUT2D eigenvalue weighted by atomic mass is 10.0. The topological polar surface area (TPSA) is 95.6 Å². The second kappa shape index (κ2) is 12.1. The lowest BCUT2D eigenvalue weighted by Crippen LogP contribution is -2.60. The zero-order valence-electron chi connectivity index (χ0n) is 18.1. The number of carbonyl (C=O) groups is 2. The molecule has 2 amide bonds. The third-order valence-electron chi connectivity index (χ3n) is 3.93. The highest BCUT2D eigenvalue weighted by atomic mass is 19.1. The number of ether oxygens (including phenoxy) is 5. The molecule has 1 N–H and O–H groups in total. The number of nitrogens with one attached hydrogen (secondary N) is 1. The smallest absolute Gasteiger partial charge is 0.410 e. The van der Waals surface area contributed by atoms with Gasteiger partial charge >= 0.3 is 12.2 Å². The SMILES string of the molecule is CC(C)(C)OC(=O)N1CC(CNC(=O)OCCOCCOCCF)OCC1(C)C. The Balaban J connectivity index is 2.28. The number of rotatable bonds is 10. The van der Waals surface area contributed by atoms with Crippen LogP contribution in [0.1, 0.15) is 34.6 Å². The van der Waals surface area contributed by atoms with E-state index in [1.165, 1.54) is 0 Å². The molecule has 10 heteroatoms. The van der Waals surface area contributed by atoms with Crippen molar-refractivity contribution in [2.45, 2.75) is 51.9 Å². The number of alkyl halides is 1. The van der Waals surface area contributed by atoms with Gasteiger partial charge in [0.05, 0.1) is 51.2 Å². The summed E-state index contributed by atoms with van der Waals surface area (Å²) in [5.74, 6) is 0. The first-order valence-electron chi connectivity index (χ1n) is 9.79. The standard InChI is InChI=1S/C19H35FN2O7/c1-18(2,3)29-17(24)22-13-15(28-14-19(22,4)5)12-21-16(23)27-11-10-26-9-8-25-7-6-20/h15H,6-14H2,1-5H3,(H,21,23). The molecule has 0 aromatic rings. The maximum absolute atomic E-state index is 12.5. The van der Waals surface area contributed by atoms with E-state index in [9.17, 15) is 14.0 Å². The van der Waals surface area contributed by atoms with Gasteiger partial charge in [-0.2, -0.15) is 0 Å². The van der Waals surface area contributed by atoms with Crippen LogP contribution in [0.2, 0.25) is 0 Å². The molecule has 1 atom stereocenters. The van der Waals surface area contributed by atoms with Gasteiger partial charge in [0.25, 0.3) is 0 Å². The first-order valence-corrected chi connectivity index (χ1v) is 9.79. The highest BCUT2D eigenvalue weighted by Crippen LogP contribution is 2.24. The molecule has 0 radical (unpaired) electrons. The predicted molar refractivity (Wildman–Crippen MR) is 104 cm³/mol. The minimum Gasteiger partial charge on any atom is -0.447 e. The third-order valence-corrected chi connectivity index (χ3v) is 3.93. The molecular weight excluding hydrogens is 387 g/mol. The number of nitrogens with zero attached hydrogens (tertiary/aromatic N) is 1. The van der Waals surface area contributed by atoms with Crippen LogP contribution < -0.4 is 5.32 Å². The van der Waals surface area contributed by atoms with Crippen molar-refractivity contribution in [3.8, 4) is 0 Å². The Kier molecular flexibility index (Phi) is 10.6. The maximum atomic E-state index is 12.5. The van der Waals surface area contributed by atoms with Crippen molar-refractivity contribution in [2.24, 2.45) is 0 Å². The number of halogens is 1. The van der Waals surface area contributed by atoms with Gasteiger partial charge in [-0.25, -0.2) is 14.0 Å². The minimum absolute atomic E-state index is 0.0496. The summed E-state index contributed by atoms with van der Waals surface area (Å²) in [7, 11) is 0. The van der Waals surface area contributed by atoms with Crippen LogP contribution in [0.4, 0.5) is 14.0 Å². The zero-order chi connectivity index (χ0) is 21.9. The van der Waals surface area contributed by atoms with Crippen LogP contribution in [0, 0.1) is 0 Å². The fraction of sp³-hybridized carbons (Fsp3) is 0.895. The predicted octanol–water partition coefficient (Wildman–Crippen LogP) is 2.13. The molecular formula is C19H35FN2O7. The summed E-state index contributed by atoms with van der Waals surface area (Å²) in [5.41, 5.74) is -1.10. The van der Waals surface area contributed by atoms with E-state index in [0.717, 1.165) is 0 Å². The Morgan fingerprint density at radius 3 is 2.38 bits per heavy atom. The van der Waals surface area contributed by atoms with Crippen LogP contribution in [0.5, 0.6) is 0 Å². The molecule has 0 saturated carbocycles. The molecule has 0 aromatic carbocycles. The van der Waals surface area contributed by atoms with Crippen molar-refractivity contribution in [1.29, 1.82) is 0 Å². The summed E-state index contributed by atoms with van der Waals surface area (Å²) in [6.07, 6.45) is -1.38. The molecule has 0 spiro atoms. The van der Waals surface area contributed by atoms with Crippen molar-refractivity contribution < 1.29 is 37.7 Å². The van der Waals surface area contributed by atoms with Crippen LogP contribution in [0.15, 0.2) is 0 Å². The summed E-state index contributed by atoms with van der Waals surface area (Å²) >= 11 is 0. The van der Waals surface area contributed by atoms with E-state index in [1.54, 1.807) is 4.90 Å². The first kappa shape index (κ1) is 25.4. The van der Waals surface area contributed by atoms with Gasteiger partial charge in [-0.05, 0) is 34.6 Å². The highest BCUT2D eigenvalue weighted by Gasteiger charge is 2.40. The van der Waals surface area contributed by atoms with Gasteiger partial charge in [-0.15, -0.1) is 0 Å². The molecule has 170 valence electrons. The molecule has 0 aromatic heterocycles. The highest BCUT2D eigenvalue weighted by molar-refractivity contribution is 5.69. The molecule has 1 saturated heterocycles. The normalized spacial score (nSPS) is 19.0. The summed E-state index contributed by atoms with van der Waals surface area (Å²) in [4.78, 5) is 25.9. The Hall–Kier alpha value is -1.65. The summed E-state index contributed by atoms with van der Waals surface area (Å²) in [6, 6.07) is 0. The molecule has 1 heterocycles. The van der Waals surface area contributed by atoms with Gasteiger partial charge in [-0.1, -0.05) is 0 Å². The number of amides is 2. The van der Waals surface area contributed by atoms with Crippen LogP contribution in [0.3, 0.4) is 0 Å². The zero-order valence-corrected chi connectivity index (χ0v) is 18.1. The minimum atomic E-state index is -0.598. The molecule has 1 unspecified atom stereocenters. The second-order valence-electron chi connectivity index (χ2n) is 8.27. The fourth-order valence-electron chi connectivity index (χ4n) is 2.48. The van der Waals surface area contributed by atoms with Gasteiger partial charge < -0.3 is 29.0 Å². The molecule has 9 nitrogen and oxygen atoms in total. The van der Waals surface area contributed by atoms with Crippen molar-refractivity contribution in [1.82, 2.24) is 10.2 Å². The van der Waals surface area contributed by atoms with E-state index in [1.807, 2.05) is 34.6 Å². The molecule has 1 aliphatic heterocycles. The monoisotopic (exact) mass is 422 g/mol. The lowest BCUT2D eigenvalue weighted by Gasteiger charge is -2.45. The Morgan fingerprint density at radius 2 is 1.76 bits per heavy atom. The van der Waals surface area contributed by atoms with Crippen LogP contribution in [-0.2, 0) is 23.7 Å². The molecule has 0 aliphatic carbocycles. The summed E-state index contributed by atoms with van der Waals surface area (Å²) in [6.45, 7) is 10.5. The number of hydrogen-bond acceptors (Lipinski definition) is 7. The number of hydrogen-bond donors (Lipinski definition) is 1. The first-order chi connectivity index (χ1) is 13.5. The van der Waals surface area contributed by atoms with E-state index < -0.39 is 30.0 Å². The van der Waals surface area contributed by atoms with Gasteiger partial charge in [0.2, 0.25) is 0 Å². The quantitative estimate of drug-likeness (QED) is 0.539. The van der Waals surface area contributed by atoms with Gasteiger partial charge in [0, 0.05) is 6.54 Å². The van der Waals surface area contributed by atoms with E-state index >= 15 is 0 Å². The van der Waals surface area contributed by atoms with Crippen LogP contribution >= 0.6 is 0 Å². The van der Waals surface area contributed by atoms with Crippen molar-refractivity contribution in [3.05, 3.63) is 0 Å². The summed E-state index contributed by atoms with van der Waals surface area (Å²) < 4.78 is 38.2. The van der Waals surface area contributed by atoms with E-state index in [0.29, 0.717) is 26.4 Å². The fourth-order valence-corrected chi connectivity index (χ4v) is 2.48. The number of carbonyl (C=O) groups excluding carboxylic acids is 2. The lowest BCUT2D eigenvalue weighted by molar-refractivity contribution is -0.0969. The summed E-state index contributed by atoms with van der Waals surface area (Å²) in [5, 5.41) is 2.62. The average Bonchev–Trinajstić information content (AvgIpc) is 2.61. The van der Waals surface area contributed by atoms with Crippen molar-refractivity contribution in [2.75, 3.05) is 59.4 Å². The molecule has 29 heavy (non-hydrogen) atoms. The van der Waals surface area contributed by atoms with E-state index in [2.05, 4.69) is 5.32 Å². The molecule has 1 aliphatic rings. The second-order valence-corrected chi connectivity index (χ2v) is 8.27. The molecule has 1 fully saturated rings.